The van der Waals surface area contributed by atoms with Gasteiger partial charge in [-0.1, -0.05) is 6.07 Å². The van der Waals surface area contributed by atoms with Gasteiger partial charge in [0.15, 0.2) is 0 Å². The van der Waals surface area contributed by atoms with Gasteiger partial charge in [-0.2, -0.15) is 0 Å². The average molecular weight is 319 g/mol. The minimum atomic E-state index is -0.671. The fourth-order valence-corrected chi connectivity index (χ4v) is 2.39. The molecule has 0 aliphatic carbocycles. The number of thioether (sulfide) groups is 1. The number of hydrogen-bond acceptors (Lipinski definition) is 3. The summed E-state index contributed by atoms with van der Waals surface area (Å²) in [6.07, 6.45) is 0. The Morgan fingerprint density at radius 1 is 1.05 bits per heavy atom. The van der Waals surface area contributed by atoms with Crippen LogP contribution in [-0.4, -0.2) is 17.7 Å². The molecule has 5 nitrogen and oxygen atoms in total. The summed E-state index contributed by atoms with van der Waals surface area (Å²) in [5, 5.41) is 5.14. The molecule has 0 unspecified atom stereocenters. The number of carbonyl (C=O) groups excluding carboxylic acids is 2. The Balaban J connectivity index is 1.89. The molecule has 0 heterocycles. The minimum absolute atomic E-state index is 0.194. The molecule has 0 saturated carbocycles. The van der Waals surface area contributed by atoms with Gasteiger partial charge in [-0.3, -0.25) is 4.79 Å². The Morgan fingerprint density at radius 3 is 2.32 bits per heavy atom. The predicted molar refractivity (Wildman–Crippen MR) is 85.4 cm³/mol. The van der Waals surface area contributed by atoms with Crippen LogP contribution in [0.1, 0.15) is 0 Å². The Kier molecular flexibility index (Phi) is 5.37. The quantitative estimate of drug-likeness (QED) is 0.741. The van der Waals surface area contributed by atoms with Crippen LogP contribution in [0.5, 0.6) is 0 Å². The van der Waals surface area contributed by atoms with Gasteiger partial charge >= 0.3 is 6.03 Å². The van der Waals surface area contributed by atoms with Gasteiger partial charge in [-0.25, -0.2) is 9.18 Å². The zero-order chi connectivity index (χ0) is 15.9. The highest BCUT2D eigenvalue weighted by molar-refractivity contribution is 8.00. The van der Waals surface area contributed by atoms with Crippen LogP contribution in [0.4, 0.5) is 20.6 Å². The van der Waals surface area contributed by atoms with E-state index in [9.17, 15) is 14.0 Å². The fraction of sp³-hybridized carbons (Fsp3) is 0.0667. The standard InChI is InChI=1S/C15H14FN3O2S/c16-10-4-6-13(7-5-10)22-9-14(20)18-11-2-1-3-12(8-11)19-15(17)21/h1-8H,9H2,(H,18,20)(H3,17,19,21). The average Bonchev–Trinajstić information content (AvgIpc) is 2.46. The fourth-order valence-electron chi connectivity index (χ4n) is 1.69. The molecule has 0 spiro atoms. The molecule has 0 saturated heterocycles. The third-order valence-corrected chi connectivity index (χ3v) is 3.61. The van der Waals surface area contributed by atoms with Crippen LogP contribution in [0.3, 0.4) is 0 Å². The molecule has 0 atom stereocenters. The van der Waals surface area contributed by atoms with Crippen molar-refractivity contribution in [3.05, 3.63) is 54.3 Å². The maximum Gasteiger partial charge on any atom is 0.316 e. The molecule has 0 aliphatic heterocycles. The maximum absolute atomic E-state index is 12.8. The summed E-state index contributed by atoms with van der Waals surface area (Å²) in [6.45, 7) is 0. The van der Waals surface area contributed by atoms with Crippen molar-refractivity contribution in [2.24, 2.45) is 5.73 Å². The number of primary amides is 1. The number of anilines is 2. The van der Waals surface area contributed by atoms with Crippen molar-refractivity contribution in [1.82, 2.24) is 0 Å². The second-order valence-corrected chi connectivity index (χ2v) is 5.41. The van der Waals surface area contributed by atoms with Gasteiger partial charge < -0.3 is 16.4 Å². The Hall–Kier alpha value is -2.54. The highest BCUT2D eigenvalue weighted by Gasteiger charge is 2.05. The van der Waals surface area contributed by atoms with E-state index in [1.54, 1.807) is 36.4 Å². The SMILES string of the molecule is NC(=O)Nc1cccc(NC(=O)CSc2ccc(F)cc2)c1. The summed E-state index contributed by atoms with van der Waals surface area (Å²) in [5.74, 6) is -0.322. The van der Waals surface area contributed by atoms with E-state index in [2.05, 4.69) is 10.6 Å². The van der Waals surface area contributed by atoms with Crippen molar-refractivity contribution >= 4 is 35.1 Å². The van der Waals surface area contributed by atoms with Crippen molar-refractivity contribution in [2.45, 2.75) is 4.90 Å². The van der Waals surface area contributed by atoms with Crippen molar-refractivity contribution in [1.29, 1.82) is 0 Å². The van der Waals surface area contributed by atoms with E-state index in [1.807, 2.05) is 0 Å². The second-order valence-electron chi connectivity index (χ2n) is 4.36. The summed E-state index contributed by atoms with van der Waals surface area (Å²) < 4.78 is 12.8. The molecule has 22 heavy (non-hydrogen) atoms. The van der Waals surface area contributed by atoms with Gasteiger partial charge in [0.05, 0.1) is 5.75 Å². The normalized spacial score (nSPS) is 10.0. The summed E-state index contributed by atoms with van der Waals surface area (Å²) >= 11 is 1.30. The van der Waals surface area contributed by atoms with E-state index >= 15 is 0 Å². The number of amides is 3. The molecule has 2 aromatic rings. The van der Waals surface area contributed by atoms with Crippen LogP contribution >= 0.6 is 11.8 Å². The number of halogens is 1. The number of hydrogen-bond donors (Lipinski definition) is 3. The lowest BCUT2D eigenvalue weighted by atomic mass is 10.3. The van der Waals surface area contributed by atoms with E-state index in [0.717, 1.165) is 4.90 Å². The molecule has 7 heteroatoms. The first-order chi connectivity index (χ1) is 10.5. The Labute approximate surface area is 131 Å². The van der Waals surface area contributed by atoms with Gasteiger partial charge in [-0.05, 0) is 42.5 Å². The molecular weight excluding hydrogens is 305 g/mol. The molecule has 0 radical (unpaired) electrons. The minimum Gasteiger partial charge on any atom is -0.351 e. The first kappa shape index (κ1) is 15.8. The number of rotatable bonds is 5. The van der Waals surface area contributed by atoms with Crippen molar-refractivity contribution in [3.63, 3.8) is 0 Å². The van der Waals surface area contributed by atoms with Crippen LogP contribution in [0.2, 0.25) is 0 Å². The van der Waals surface area contributed by atoms with E-state index < -0.39 is 6.03 Å². The van der Waals surface area contributed by atoms with Crippen molar-refractivity contribution in [3.8, 4) is 0 Å². The van der Waals surface area contributed by atoms with Gasteiger partial charge in [0.2, 0.25) is 5.91 Å². The third-order valence-electron chi connectivity index (χ3n) is 2.60. The van der Waals surface area contributed by atoms with Crippen LogP contribution in [0.25, 0.3) is 0 Å². The van der Waals surface area contributed by atoms with Crippen LogP contribution in [0, 0.1) is 5.82 Å². The molecular formula is C15H14FN3O2S. The lowest BCUT2D eigenvalue weighted by molar-refractivity contribution is -0.113. The number of benzene rings is 2. The van der Waals surface area contributed by atoms with Gasteiger partial charge in [-0.15, -0.1) is 11.8 Å². The van der Waals surface area contributed by atoms with E-state index in [1.165, 1.54) is 23.9 Å². The number of carbonyl (C=O) groups is 2. The molecule has 2 aromatic carbocycles. The summed E-state index contributed by atoms with van der Waals surface area (Å²) in [4.78, 5) is 23.5. The number of urea groups is 1. The highest BCUT2D eigenvalue weighted by atomic mass is 32.2. The molecule has 0 aromatic heterocycles. The van der Waals surface area contributed by atoms with Crippen LogP contribution < -0.4 is 16.4 Å². The van der Waals surface area contributed by atoms with Crippen molar-refractivity contribution in [2.75, 3.05) is 16.4 Å². The maximum atomic E-state index is 12.8. The summed E-state index contributed by atoms with van der Waals surface area (Å²) in [7, 11) is 0. The lowest BCUT2D eigenvalue weighted by Crippen LogP contribution is -2.19. The van der Waals surface area contributed by atoms with Gasteiger partial charge in [0.1, 0.15) is 5.82 Å². The first-order valence-electron chi connectivity index (χ1n) is 6.37. The molecule has 0 aliphatic rings. The summed E-state index contributed by atoms with van der Waals surface area (Å²) in [5.41, 5.74) is 6.08. The van der Waals surface area contributed by atoms with Gasteiger partial charge in [0.25, 0.3) is 0 Å². The molecule has 2 rings (SSSR count). The largest absolute Gasteiger partial charge is 0.351 e. The summed E-state index contributed by atoms with van der Waals surface area (Å²) in [6, 6.07) is 11.9. The van der Waals surface area contributed by atoms with Crippen molar-refractivity contribution < 1.29 is 14.0 Å². The molecule has 3 amide bonds. The zero-order valence-corrected chi connectivity index (χ0v) is 12.3. The number of nitrogens with one attached hydrogen (secondary N) is 2. The Morgan fingerprint density at radius 2 is 1.68 bits per heavy atom. The molecule has 114 valence electrons. The van der Waals surface area contributed by atoms with E-state index in [-0.39, 0.29) is 17.5 Å². The van der Waals surface area contributed by atoms with E-state index in [4.69, 9.17) is 5.73 Å². The highest BCUT2D eigenvalue weighted by Crippen LogP contribution is 2.19. The smallest absolute Gasteiger partial charge is 0.316 e. The third kappa shape index (κ3) is 5.10. The monoisotopic (exact) mass is 319 g/mol. The van der Waals surface area contributed by atoms with Crippen LogP contribution in [0.15, 0.2) is 53.4 Å². The number of nitrogens with two attached hydrogens (primary N) is 1. The van der Waals surface area contributed by atoms with E-state index in [0.29, 0.717) is 11.4 Å². The molecule has 4 N–H and O–H groups in total. The predicted octanol–water partition coefficient (Wildman–Crippen LogP) is 3.05. The first-order valence-corrected chi connectivity index (χ1v) is 7.36. The zero-order valence-electron chi connectivity index (χ0n) is 11.5. The second kappa shape index (κ2) is 7.46. The molecule has 0 fully saturated rings. The Bertz CT molecular complexity index is 677. The molecule has 0 bridgehead atoms. The topological polar surface area (TPSA) is 84.2 Å². The lowest BCUT2D eigenvalue weighted by Gasteiger charge is -2.07. The van der Waals surface area contributed by atoms with Crippen LogP contribution in [-0.2, 0) is 4.79 Å². The van der Waals surface area contributed by atoms with Gasteiger partial charge in [0, 0.05) is 16.3 Å².